The first kappa shape index (κ1) is 14.9. The van der Waals surface area contributed by atoms with Crippen molar-refractivity contribution in [2.24, 2.45) is 0 Å². The molecule has 2 aromatic rings. The molecule has 0 amide bonds. The summed E-state index contributed by atoms with van der Waals surface area (Å²) in [5.41, 5.74) is 1.06. The molecule has 1 fully saturated rings. The number of esters is 1. The van der Waals surface area contributed by atoms with Crippen molar-refractivity contribution in [3.63, 3.8) is 0 Å². The number of fused-ring (bicyclic) bond motifs is 1. The SMILES string of the molecule is COC(=O)c1cc2ccccc2c(CN2CCCCC2)c1O. The summed E-state index contributed by atoms with van der Waals surface area (Å²) in [4.78, 5) is 14.3. The Morgan fingerprint density at radius 1 is 1.23 bits per heavy atom. The highest BCUT2D eigenvalue weighted by molar-refractivity contribution is 6.00. The number of likely N-dealkylation sites (tertiary alicyclic amines) is 1. The zero-order chi connectivity index (χ0) is 15.5. The maximum atomic E-state index is 11.9. The number of rotatable bonds is 3. The molecule has 4 nitrogen and oxygen atoms in total. The minimum absolute atomic E-state index is 0.0520. The first-order chi connectivity index (χ1) is 10.7. The Kier molecular flexibility index (Phi) is 4.29. The van der Waals surface area contributed by atoms with Gasteiger partial charge in [0.05, 0.1) is 7.11 Å². The molecule has 4 heteroatoms. The standard InChI is InChI=1S/C18H21NO3/c1-22-18(21)15-11-13-7-3-4-8-14(13)16(17(15)20)12-19-9-5-2-6-10-19/h3-4,7-8,11,20H,2,5-6,9-10,12H2,1H3. The molecule has 1 saturated heterocycles. The van der Waals surface area contributed by atoms with Crippen molar-refractivity contribution >= 4 is 16.7 Å². The molecule has 1 heterocycles. The third-order valence-corrected chi connectivity index (χ3v) is 4.36. The van der Waals surface area contributed by atoms with Crippen molar-refractivity contribution < 1.29 is 14.6 Å². The van der Waals surface area contributed by atoms with E-state index in [1.807, 2.05) is 24.3 Å². The van der Waals surface area contributed by atoms with E-state index in [1.54, 1.807) is 6.07 Å². The lowest BCUT2D eigenvalue weighted by Crippen LogP contribution is -2.29. The van der Waals surface area contributed by atoms with Gasteiger partial charge in [0.2, 0.25) is 0 Å². The van der Waals surface area contributed by atoms with Gasteiger partial charge >= 0.3 is 5.97 Å². The van der Waals surface area contributed by atoms with Crippen LogP contribution in [0.5, 0.6) is 5.75 Å². The zero-order valence-electron chi connectivity index (χ0n) is 12.8. The van der Waals surface area contributed by atoms with Crippen molar-refractivity contribution in [3.8, 4) is 5.75 Å². The molecule has 22 heavy (non-hydrogen) atoms. The molecule has 1 N–H and O–H groups in total. The number of ether oxygens (including phenoxy) is 1. The molecule has 0 spiro atoms. The number of phenolic OH excluding ortho intramolecular Hbond substituents is 1. The second-order valence-electron chi connectivity index (χ2n) is 5.80. The van der Waals surface area contributed by atoms with Gasteiger partial charge in [-0.05, 0) is 42.8 Å². The zero-order valence-corrected chi connectivity index (χ0v) is 12.8. The number of carbonyl (C=O) groups excluding carboxylic acids is 1. The van der Waals surface area contributed by atoms with Crippen molar-refractivity contribution in [3.05, 3.63) is 41.5 Å². The molecule has 116 valence electrons. The lowest BCUT2D eigenvalue weighted by atomic mass is 9.98. The van der Waals surface area contributed by atoms with E-state index in [0.29, 0.717) is 6.54 Å². The first-order valence-electron chi connectivity index (χ1n) is 7.75. The van der Waals surface area contributed by atoms with Crippen LogP contribution in [0.25, 0.3) is 10.8 Å². The van der Waals surface area contributed by atoms with Crippen LogP contribution in [0.15, 0.2) is 30.3 Å². The summed E-state index contributed by atoms with van der Waals surface area (Å²) >= 11 is 0. The fourth-order valence-corrected chi connectivity index (χ4v) is 3.18. The number of carbonyl (C=O) groups is 1. The Bertz CT molecular complexity index is 690. The topological polar surface area (TPSA) is 49.8 Å². The molecule has 2 aromatic carbocycles. The van der Waals surface area contributed by atoms with Crippen molar-refractivity contribution in [1.82, 2.24) is 4.90 Å². The molecular weight excluding hydrogens is 278 g/mol. The smallest absolute Gasteiger partial charge is 0.341 e. The highest BCUT2D eigenvalue weighted by Crippen LogP contribution is 2.33. The molecule has 3 rings (SSSR count). The van der Waals surface area contributed by atoms with E-state index in [4.69, 9.17) is 4.74 Å². The van der Waals surface area contributed by atoms with Gasteiger partial charge in [-0.3, -0.25) is 4.90 Å². The monoisotopic (exact) mass is 299 g/mol. The third-order valence-electron chi connectivity index (χ3n) is 4.36. The number of benzene rings is 2. The molecule has 0 saturated carbocycles. The minimum Gasteiger partial charge on any atom is -0.507 e. The molecule has 0 atom stereocenters. The number of piperidine rings is 1. The van der Waals surface area contributed by atoms with Crippen molar-refractivity contribution in [1.29, 1.82) is 0 Å². The second kappa shape index (κ2) is 6.36. The fraction of sp³-hybridized carbons (Fsp3) is 0.389. The van der Waals surface area contributed by atoms with Crippen molar-refractivity contribution in [2.75, 3.05) is 20.2 Å². The lowest BCUT2D eigenvalue weighted by Gasteiger charge is -2.27. The largest absolute Gasteiger partial charge is 0.507 e. The van der Waals surface area contributed by atoms with E-state index in [9.17, 15) is 9.90 Å². The normalized spacial score (nSPS) is 15.9. The summed E-state index contributed by atoms with van der Waals surface area (Å²) in [6.07, 6.45) is 3.65. The highest BCUT2D eigenvalue weighted by Gasteiger charge is 2.20. The summed E-state index contributed by atoms with van der Waals surface area (Å²) in [5.74, 6) is -0.445. The molecule has 0 unspecified atom stereocenters. The number of nitrogens with zero attached hydrogens (tertiary/aromatic N) is 1. The second-order valence-corrected chi connectivity index (χ2v) is 5.80. The minimum atomic E-state index is -0.497. The maximum absolute atomic E-state index is 11.9. The van der Waals surface area contributed by atoms with Crippen LogP contribution in [0.2, 0.25) is 0 Å². The van der Waals surface area contributed by atoms with Crippen LogP contribution in [-0.2, 0) is 11.3 Å². The number of phenols is 1. The van der Waals surface area contributed by atoms with Gasteiger partial charge in [0.15, 0.2) is 0 Å². The Morgan fingerprint density at radius 2 is 1.95 bits per heavy atom. The van der Waals surface area contributed by atoms with Crippen molar-refractivity contribution in [2.45, 2.75) is 25.8 Å². The Balaban J connectivity index is 2.08. The summed E-state index contributed by atoms with van der Waals surface area (Å²) in [5, 5.41) is 12.5. The summed E-state index contributed by atoms with van der Waals surface area (Å²) in [7, 11) is 1.33. The summed E-state index contributed by atoms with van der Waals surface area (Å²) < 4.78 is 4.80. The van der Waals surface area contributed by atoms with Crippen LogP contribution in [0.1, 0.15) is 35.2 Å². The predicted molar refractivity (Wildman–Crippen MR) is 86.1 cm³/mol. The Labute approximate surface area is 130 Å². The van der Waals surface area contributed by atoms with Gasteiger partial charge in [-0.25, -0.2) is 4.79 Å². The Morgan fingerprint density at radius 3 is 2.68 bits per heavy atom. The molecule has 1 aliphatic heterocycles. The van der Waals surface area contributed by atoms with Gasteiger partial charge in [0.25, 0.3) is 0 Å². The number of methoxy groups -OCH3 is 1. The van der Waals surface area contributed by atoms with E-state index in [2.05, 4.69) is 4.90 Å². The fourth-order valence-electron chi connectivity index (χ4n) is 3.18. The van der Waals surface area contributed by atoms with Gasteiger partial charge in [-0.15, -0.1) is 0 Å². The number of aromatic hydroxyl groups is 1. The van der Waals surface area contributed by atoms with Crippen LogP contribution >= 0.6 is 0 Å². The van der Waals surface area contributed by atoms with Gasteiger partial charge in [-0.2, -0.15) is 0 Å². The highest BCUT2D eigenvalue weighted by atomic mass is 16.5. The average molecular weight is 299 g/mol. The molecule has 0 radical (unpaired) electrons. The maximum Gasteiger partial charge on any atom is 0.341 e. The van der Waals surface area contributed by atoms with Crippen LogP contribution in [0.3, 0.4) is 0 Å². The first-order valence-corrected chi connectivity index (χ1v) is 7.75. The van der Waals surface area contributed by atoms with Crippen LogP contribution in [-0.4, -0.2) is 36.2 Å². The molecule has 0 aromatic heterocycles. The number of hydrogen-bond donors (Lipinski definition) is 1. The van der Waals surface area contributed by atoms with Gasteiger partial charge < -0.3 is 9.84 Å². The number of hydrogen-bond acceptors (Lipinski definition) is 4. The van der Waals surface area contributed by atoms with Crippen LogP contribution < -0.4 is 0 Å². The van der Waals surface area contributed by atoms with Crippen LogP contribution in [0.4, 0.5) is 0 Å². The molecular formula is C18H21NO3. The van der Waals surface area contributed by atoms with Crippen LogP contribution in [0, 0.1) is 0 Å². The summed E-state index contributed by atoms with van der Waals surface area (Å²) in [6.45, 7) is 2.74. The van der Waals surface area contributed by atoms with E-state index in [0.717, 1.165) is 29.4 Å². The van der Waals surface area contributed by atoms with Gasteiger partial charge in [0, 0.05) is 12.1 Å². The molecule has 0 aliphatic carbocycles. The van der Waals surface area contributed by atoms with E-state index in [-0.39, 0.29) is 11.3 Å². The van der Waals surface area contributed by atoms with Gasteiger partial charge in [0.1, 0.15) is 11.3 Å². The quantitative estimate of drug-likeness (QED) is 0.883. The van der Waals surface area contributed by atoms with E-state index < -0.39 is 5.97 Å². The Hall–Kier alpha value is -2.07. The van der Waals surface area contributed by atoms with Gasteiger partial charge in [-0.1, -0.05) is 30.7 Å². The lowest BCUT2D eigenvalue weighted by molar-refractivity contribution is 0.0597. The summed E-state index contributed by atoms with van der Waals surface area (Å²) in [6, 6.07) is 9.55. The van der Waals surface area contributed by atoms with E-state index in [1.165, 1.54) is 26.4 Å². The predicted octanol–water partition coefficient (Wildman–Crippen LogP) is 3.32. The molecule has 0 bridgehead atoms. The third kappa shape index (κ3) is 2.79. The molecule has 1 aliphatic rings. The van der Waals surface area contributed by atoms with E-state index >= 15 is 0 Å². The average Bonchev–Trinajstić information content (AvgIpc) is 2.57.